The predicted octanol–water partition coefficient (Wildman–Crippen LogP) is -1.62. The molecule has 18 heteroatoms. The first kappa shape index (κ1) is 49.3. The van der Waals surface area contributed by atoms with Gasteiger partial charge in [0.25, 0.3) is 0 Å². The Hall–Kier alpha value is -2.72. The quantitative estimate of drug-likeness (QED) is 0.0990. The second-order valence-electron chi connectivity index (χ2n) is 13.6. The van der Waals surface area contributed by atoms with E-state index in [-0.39, 0.29) is 48.1 Å². The van der Waals surface area contributed by atoms with Crippen molar-refractivity contribution in [1.82, 2.24) is 0 Å². The van der Waals surface area contributed by atoms with E-state index in [4.69, 9.17) is 61.3 Å². The standard InChI is InChI=1S/2C12H18O3.2C6H12O6/c2*1-2-3-4-5-10-9(8-12(14)15)6-7-11(10)13;2*7-1-2-3(8)4(9)5(10)6(11)12-2/h2*3-4,9-10H,2,5-8H2,1H3,(H,14,15);2*2-11H,1H2/b2*4-3-;;/t2*9-,10+;;/m00../s1. The van der Waals surface area contributed by atoms with Crippen molar-refractivity contribution in [3.63, 3.8) is 0 Å². The van der Waals surface area contributed by atoms with Gasteiger partial charge in [-0.15, -0.1) is 0 Å². The summed E-state index contributed by atoms with van der Waals surface area (Å²) in [6.45, 7) is 3.04. The number of aliphatic carboxylic acids is 2. The monoisotopic (exact) mass is 780 g/mol. The highest BCUT2D eigenvalue weighted by Gasteiger charge is 2.43. The molecule has 0 amide bonds. The summed E-state index contributed by atoms with van der Waals surface area (Å²) >= 11 is 0. The van der Waals surface area contributed by atoms with Crippen molar-refractivity contribution in [3.8, 4) is 0 Å². The lowest BCUT2D eigenvalue weighted by Gasteiger charge is -2.37. The van der Waals surface area contributed by atoms with Gasteiger partial charge in [0.05, 0.1) is 13.2 Å². The van der Waals surface area contributed by atoms with Gasteiger partial charge in [-0.05, 0) is 50.4 Å². The fourth-order valence-electron chi connectivity index (χ4n) is 6.52. The molecule has 0 spiro atoms. The highest BCUT2D eigenvalue weighted by atomic mass is 16.6. The number of rotatable bonds is 12. The van der Waals surface area contributed by atoms with E-state index < -0.39 is 86.6 Å². The molecule has 0 aromatic rings. The van der Waals surface area contributed by atoms with E-state index in [1.54, 1.807) is 0 Å². The van der Waals surface area contributed by atoms with Crippen molar-refractivity contribution < 1.29 is 89.9 Å². The van der Waals surface area contributed by atoms with Crippen LogP contribution in [0.25, 0.3) is 0 Å². The van der Waals surface area contributed by atoms with Gasteiger partial charge < -0.3 is 70.8 Å². The van der Waals surface area contributed by atoms with Crippen molar-refractivity contribution in [1.29, 1.82) is 0 Å². The third-order valence-electron chi connectivity index (χ3n) is 9.68. The molecular formula is C36H60O18. The zero-order valence-electron chi connectivity index (χ0n) is 30.7. The van der Waals surface area contributed by atoms with Gasteiger partial charge in [-0.2, -0.15) is 0 Å². The maximum Gasteiger partial charge on any atom is 0.303 e. The molecule has 54 heavy (non-hydrogen) atoms. The van der Waals surface area contributed by atoms with E-state index in [0.29, 0.717) is 25.7 Å². The topological polar surface area (TPSA) is 330 Å². The van der Waals surface area contributed by atoms with Gasteiger partial charge in [-0.1, -0.05) is 38.2 Å². The maximum absolute atomic E-state index is 11.5. The van der Waals surface area contributed by atoms with Crippen molar-refractivity contribution >= 4 is 23.5 Å². The number of allylic oxidation sites excluding steroid dienone is 4. The number of carboxylic acid groups (broad SMARTS) is 2. The van der Waals surface area contributed by atoms with Crippen molar-refractivity contribution in [2.45, 2.75) is 139 Å². The fraction of sp³-hybridized carbons (Fsp3) is 0.778. The Morgan fingerprint density at radius 3 is 1.19 bits per heavy atom. The van der Waals surface area contributed by atoms with E-state index in [1.807, 2.05) is 38.2 Å². The Labute approximate surface area is 314 Å². The molecule has 0 bridgehead atoms. The van der Waals surface area contributed by atoms with Gasteiger partial charge >= 0.3 is 11.9 Å². The number of carboxylic acids is 2. The van der Waals surface area contributed by atoms with E-state index in [1.165, 1.54) is 0 Å². The second kappa shape index (κ2) is 25.4. The Morgan fingerprint density at radius 1 is 0.574 bits per heavy atom. The summed E-state index contributed by atoms with van der Waals surface area (Å²) in [5.74, 6) is -1.11. The van der Waals surface area contributed by atoms with Gasteiger partial charge in [0.1, 0.15) is 60.4 Å². The van der Waals surface area contributed by atoms with Crippen LogP contribution in [0.5, 0.6) is 0 Å². The van der Waals surface area contributed by atoms with Crippen LogP contribution in [0.3, 0.4) is 0 Å². The van der Waals surface area contributed by atoms with Crippen LogP contribution in [0, 0.1) is 23.7 Å². The van der Waals surface area contributed by atoms with Gasteiger partial charge in [0.2, 0.25) is 0 Å². The molecule has 12 N–H and O–H groups in total. The maximum atomic E-state index is 11.5. The van der Waals surface area contributed by atoms with Gasteiger partial charge in [0, 0.05) is 37.5 Å². The van der Waals surface area contributed by atoms with Crippen LogP contribution < -0.4 is 0 Å². The summed E-state index contributed by atoms with van der Waals surface area (Å²) in [4.78, 5) is 44.3. The molecule has 312 valence electrons. The molecule has 2 saturated heterocycles. The number of hydrogen-bond acceptors (Lipinski definition) is 16. The summed E-state index contributed by atoms with van der Waals surface area (Å²) in [5.41, 5.74) is 0. The first-order valence-electron chi connectivity index (χ1n) is 18.2. The van der Waals surface area contributed by atoms with Crippen LogP contribution >= 0.6 is 0 Å². The Morgan fingerprint density at radius 2 is 0.907 bits per heavy atom. The van der Waals surface area contributed by atoms with E-state index in [2.05, 4.69) is 9.47 Å². The summed E-state index contributed by atoms with van der Waals surface area (Å²) in [6, 6.07) is 0. The smallest absolute Gasteiger partial charge is 0.303 e. The van der Waals surface area contributed by atoms with Gasteiger partial charge in [-0.25, -0.2) is 0 Å². The molecule has 2 aliphatic heterocycles. The number of hydrogen-bond donors (Lipinski definition) is 12. The molecule has 4 fully saturated rings. The van der Waals surface area contributed by atoms with E-state index in [0.717, 1.165) is 25.7 Å². The molecule has 4 rings (SSSR count). The Bertz CT molecular complexity index is 1090. The lowest BCUT2D eigenvalue weighted by molar-refractivity contribution is -0.286. The van der Waals surface area contributed by atoms with Crippen molar-refractivity contribution in [2.24, 2.45) is 23.7 Å². The first-order chi connectivity index (χ1) is 25.4. The molecule has 2 saturated carbocycles. The molecule has 2 heterocycles. The first-order valence-corrected chi connectivity index (χ1v) is 18.2. The minimum atomic E-state index is -1.57. The number of Topliss-reactive ketones (excluding diaryl/α,β-unsaturated/α-hetero) is 2. The second-order valence-corrected chi connectivity index (χ2v) is 13.6. The molecule has 18 nitrogen and oxygen atoms in total. The zero-order chi connectivity index (χ0) is 41.1. The van der Waals surface area contributed by atoms with Crippen LogP contribution in [0.15, 0.2) is 24.3 Å². The molecule has 0 radical (unpaired) electrons. The van der Waals surface area contributed by atoms with Gasteiger partial charge in [0.15, 0.2) is 12.6 Å². The van der Waals surface area contributed by atoms with Gasteiger partial charge in [-0.3, -0.25) is 19.2 Å². The summed E-state index contributed by atoms with van der Waals surface area (Å²) in [6.07, 6.45) is 0.216. The predicted molar refractivity (Wildman–Crippen MR) is 187 cm³/mol. The van der Waals surface area contributed by atoms with E-state index in [9.17, 15) is 19.2 Å². The van der Waals surface area contributed by atoms with E-state index >= 15 is 0 Å². The molecule has 4 aliphatic rings. The van der Waals surface area contributed by atoms with Crippen LogP contribution in [0.1, 0.15) is 78.1 Å². The molecule has 0 aromatic carbocycles. The number of aliphatic hydroxyl groups is 10. The summed E-state index contributed by atoms with van der Waals surface area (Å²) in [7, 11) is 0. The van der Waals surface area contributed by atoms with Crippen LogP contribution in [0.4, 0.5) is 0 Å². The number of aliphatic hydroxyl groups excluding tert-OH is 10. The van der Waals surface area contributed by atoms with Crippen LogP contribution in [-0.2, 0) is 28.7 Å². The Balaban J connectivity index is 0.000000362. The molecule has 10 unspecified atom stereocenters. The third-order valence-corrected chi connectivity index (χ3v) is 9.68. The lowest BCUT2D eigenvalue weighted by Crippen LogP contribution is -2.58. The molecule has 0 aromatic heterocycles. The highest BCUT2D eigenvalue weighted by Crippen LogP contribution is 2.35. The number of ether oxygens (including phenoxy) is 2. The number of carbonyl (C=O) groups excluding carboxylic acids is 2. The average Bonchev–Trinajstić information content (AvgIpc) is 3.65. The fourth-order valence-corrected chi connectivity index (χ4v) is 6.52. The molecular weight excluding hydrogens is 720 g/mol. The zero-order valence-corrected chi connectivity index (χ0v) is 30.7. The third kappa shape index (κ3) is 15.8. The minimum absolute atomic E-state index is 0.0519. The molecule has 2 aliphatic carbocycles. The Kier molecular flexibility index (Phi) is 23.2. The van der Waals surface area contributed by atoms with Crippen molar-refractivity contribution in [2.75, 3.05) is 13.2 Å². The van der Waals surface area contributed by atoms with Crippen LogP contribution in [0.2, 0.25) is 0 Å². The average molecular weight is 781 g/mol. The summed E-state index contributed by atoms with van der Waals surface area (Å²) < 4.78 is 9.15. The summed E-state index contributed by atoms with van der Waals surface area (Å²) in [5, 5.41) is 107. The minimum Gasteiger partial charge on any atom is -0.481 e. The largest absolute Gasteiger partial charge is 0.481 e. The molecule has 14 atom stereocenters. The van der Waals surface area contributed by atoms with Crippen molar-refractivity contribution in [3.05, 3.63) is 24.3 Å². The number of carbonyl (C=O) groups is 4. The lowest BCUT2D eigenvalue weighted by atomic mass is 9.89. The normalized spacial score (nSPS) is 36.5. The number of ketones is 2. The van der Waals surface area contributed by atoms with Crippen LogP contribution in [-0.4, -0.2) is 159 Å². The SMILES string of the molecule is CC/C=C\C[C@H]1C(=O)CC[C@H]1CC(=O)O.CC/C=C\C[C@H]1C(=O)CC[C@H]1CC(=O)O.OCC1OC(O)C(O)C(O)C1O.OCC1OC(O)C(O)C(O)C1O. The highest BCUT2D eigenvalue weighted by molar-refractivity contribution is 5.85.